The van der Waals surface area contributed by atoms with Gasteiger partial charge in [-0.15, -0.1) is 5.10 Å². The second-order valence-electron chi connectivity index (χ2n) is 5.53. The number of halogens is 1. The van der Waals surface area contributed by atoms with Gasteiger partial charge in [-0.2, -0.15) is 0 Å². The van der Waals surface area contributed by atoms with Gasteiger partial charge in [-0.25, -0.2) is 9.07 Å². The molecule has 1 aliphatic heterocycles. The second-order valence-corrected chi connectivity index (χ2v) is 5.53. The quantitative estimate of drug-likeness (QED) is 0.858. The van der Waals surface area contributed by atoms with Crippen molar-refractivity contribution in [2.45, 2.75) is 39.0 Å². The molecule has 0 radical (unpaired) electrons. The van der Waals surface area contributed by atoms with E-state index in [4.69, 9.17) is 4.74 Å². The summed E-state index contributed by atoms with van der Waals surface area (Å²) in [5.74, 6) is -0.499. The molecule has 3 rings (SSSR count). The Morgan fingerprint density at radius 2 is 2.22 bits per heavy atom. The van der Waals surface area contributed by atoms with Crippen LogP contribution in [0.15, 0.2) is 24.3 Å². The summed E-state index contributed by atoms with van der Waals surface area (Å²) in [4.78, 5) is 12.1. The number of nitrogens with one attached hydrogen (secondary N) is 1. The fourth-order valence-electron chi connectivity index (χ4n) is 2.53. The van der Waals surface area contributed by atoms with Crippen molar-refractivity contribution in [2.75, 3.05) is 6.54 Å². The van der Waals surface area contributed by atoms with Crippen molar-refractivity contribution in [3.05, 3.63) is 47.0 Å². The lowest BCUT2D eigenvalue weighted by molar-refractivity contribution is -0.00180. The predicted molar refractivity (Wildman–Crippen MR) is 81.2 cm³/mol. The van der Waals surface area contributed by atoms with Crippen LogP contribution in [0.4, 0.5) is 4.39 Å². The Balaban J connectivity index is 1.71. The molecule has 1 unspecified atom stereocenters. The number of ether oxygens (including phenoxy) is 1. The van der Waals surface area contributed by atoms with Crippen LogP contribution in [-0.2, 0) is 17.9 Å². The first-order valence-electron chi connectivity index (χ1n) is 7.76. The molecule has 0 saturated heterocycles. The monoisotopic (exact) mass is 318 g/mol. The first-order valence-corrected chi connectivity index (χ1v) is 7.76. The van der Waals surface area contributed by atoms with Crippen molar-refractivity contribution in [3.63, 3.8) is 0 Å². The van der Waals surface area contributed by atoms with E-state index in [2.05, 4.69) is 22.6 Å². The summed E-state index contributed by atoms with van der Waals surface area (Å²) in [7, 11) is 0. The molecule has 7 heteroatoms. The Kier molecular flexibility index (Phi) is 4.66. The third-order valence-electron chi connectivity index (χ3n) is 3.87. The average molecular weight is 318 g/mol. The smallest absolute Gasteiger partial charge is 0.273 e. The molecule has 23 heavy (non-hydrogen) atoms. The summed E-state index contributed by atoms with van der Waals surface area (Å²) in [6.45, 7) is 3.40. The fourth-order valence-corrected chi connectivity index (χ4v) is 2.53. The minimum atomic E-state index is -0.281. The Labute approximate surface area is 133 Å². The third-order valence-corrected chi connectivity index (χ3v) is 3.87. The van der Waals surface area contributed by atoms with Crippen molar-refractivity contribution in [1.82, 2.24) is 20.3 Å². The Morgan fingerprint density at radius 1 is 1.43 bits per heavy atom. The van der Waals surface area contributed by atoms with E-state index >= 15 is 0 Å². The van der Waals surface area contributed by atoms with Crippen LogP contribution in [0, 0.1) is 5.82 Å². The summed E-state index contributed by atoms with van der Waals surface area (Å²) in [5.41, 5.74) is 1.87. The number of carbonyl (C=O) groups excluding carboxylic acids is 1. The fraction of sp³-hybridized carbons (Fsp3) is 0.438. The number of rotatable bonds is 5. The molecule has 0 aliphatic carbocycles. The Bertz CT molecular complexity index is 684. The second kappa shape index (κ2) is 6.87. The highest BCUT2D eigenvalue weighted by Gasteiger charge is 2.27. The summed E-state index contributed by atoms with van der Waals surface area (Å²) in [6, 6.07) is 6.20. The molecule has 0 bridgehead atoms. The Hall–Kier alpha value is -2.28. The van der Waals surface area contributed by atoms with Gasteiger partial charge in [-0.1, -0.05) is 30.7 Å². The van der Waals surface area contributed by atoms with E-state index in [0.29, 0.717) is 24.5 Å². The van der Waals surface area contributed by atoms with E-state index in [1.807, 2.05) is 0 Å². The van der Waals surface area contributed by atoms with Gasteiger partial charge < -0.3 is 10.1 Å². The number of hydrogen-bond acceptors (Lipinski definition) is 4. The van der Waals surface area contributed by atoms with Gasteiger partial charge in [0.25, 0.3) is 5.91 Å². The molecule has 1 aliphatic rings. The molecule has 1 N–H and O–H groups in total. The number of hydrogen-bond donors (Lipinski definition) is 1. The molecule has 0 spiro atoms. The summed E-state index contributed by atoms with van der Waals surface area (Å²) >= 11 is 0. The van der Waals surface area contributed by atoms with Crippen molar-refractivity contribution in [3.8, 4) is 0 Å². The predicted octanol–water partition coefficient (Wildman–Crippen LogP) is 2.22. The number of amides is 1. The molecule has 2 heterocycles. The maximum atomic E-state index is 13.0. The normalized spacial score (nSPS) is 16.9. The van der Waals surface area contributed by atoms with Crippen LogP contribution in [0.25, 0.3) is 0 Å². The van der Waals surface area contributed by atoms with Gasteiger partial charge in [-0.3, -0.25) is 4.79 Å². The zero-order valence-corrected chi connectivity index (χ0v) is 13.0. The number of nitrogens with zero attached hydrogens (tertiary/aromatic N) is 3. The van der Waals surface area contributed by atoms with Crippen LogP contribution in [0.2, 0.25) is 0 Å². The molecule has 1 atom stereocenters. The van der Waals surface area contributed by atoms with Gasteiger partial charge in [0.15, 0.2) is 5.69 Å². The lowest BCUT2D eigenvalue weighted by Gasteiger charge is -2.24. The summed E-state index contributed by atoms with van der Waals surface area (Å²) < 4.78 is 20.5. The highest BCUT2D eigenvalue weighted by atomic mass is 19.1. The number of aromatic nitrogens is 3. The first-order chi connectivity index (χ1) is 11.2. The zero-order valence-electron chi connectivity index (χ0n) is 13.0. The van der Waals surface area contributed by atoms with Crippen molar-refractivity contribution in [1.29, 1.82) is 0 Å². The van der Waals surface area contributed by atoms with Gasteiger partial charge in [-0.05, 0) is 24.1 Å². The number of fused-ring (bicyclic) bond motifs is 1. The van der Waals surface area contributed by atoms with Crippen molar-refractivity contribution >= 4 is 5.91 Å². The van der Waals surface area contributed by atoms with E-state index in [1.54, 1.807) is 16.8 Å². The molecular weight excluding hydrogens is 299 g/mol. The molecule has 1 aromatic heterocycles. The van der Waals surface area contributed by atoms with E-state index in [9.17, 15) is 9.18 Å². The van der Waals surface area contributed by atoms with Crippen LogP contribution >= 0.6 is 0 Å². The SMILES string of the molecule is CCCCNC(=O)c1nnn2c1COC(c1ccc(F)cc1)C2. The minimum Gasteiger partial charge on any atom is -0.365 e. The standard InChI is InChI=1S/C16H19FN4O2/c1-2-3-8-18-16(22)15-13-10-23-14(9-21(13)20-19-15)11-4-6-12(17)7-5-11/h4-7,14H,2-3,8-10H2,1H3,(H,18,22). The Morgan fingerprint density at radius 3 is 2.96 bits per heavy atom. The molecule has 0 saturated carbocycles. The third kappa shape index (κ3) is 3.39. The maximum absolute atomic E-state index is 13.0. The molecule has 1 amide bonds. The maximum Gasteiger partial charge on any atom is 0.273 e. The summed E-state index contributed by atoms with van der Waals surface area (Å²) in [5, 5.41) is 10.9. The number of benzene rings is 1. The molecule has 1 aromatic carbocycles. The molecule has 0 fully saturated rings. The lowest BCUT2D eigenvalue weighted by atomic mass is 10.1. The topological polar surface area (TPSA) is 69.0 Å². The average Bonchev–Trinajstić information content (AvgIpc) is 2.99. The number of carbonyl (C=O) groups is 1. The highest BCUT2D eigenvalue weighted by molar-refractivity contribution is 5.93. The van der Waals surface area contributed by atoms with E-state index < -0.39 is 0 Å². The van der Waals surface area contributed by atoms with Crippen LogP contribution in [0.5, 0.6) is 0 Å². The van der Waals surface area contributed by atoms with Gasteiger partial charge in [0.2, 0.25) is 0 Å². The van der Waals surface area contributed by atoms with Gasteiger partial charge in [0, 0.05) is 6.54 Å². The van der Waals surface area contributed by atoms with E-state index in [-0.39, 0.29) is 24.4 Å². The van der Waals surface area contributed by atoms with Crippen molar-refractivity contribution < 1.29 is 13.9 Å². The van der Waals surface area contributed by atoms with Crippen molar-refractivity contribution in [2.24, 2.45) is 0 Å². The number of unbranched alkanes of at least 4 members (excludes halogenated alkanes) is 1. The molecular formula is C16H19FN4O2. The van der Waals surface area contributed by atoms with Crippen LogP contribution in [-0.4, -0.2) is 27.4 Å². The zero-order chi connectivity index (χ0) is 16.2. The van der Waals surface area contributed by atoms with Gasteiger partial charge in [0.05, 0.1) is 18.8 Å². The molecule has 6 nitrogen and oxygen atoms in total. The van der Waals surface area contributed by atoms with Crippen LogP contribution in [0.1, 0.15) is 47.6 Å². The van der Waals surface area contributed by atoms with Crippen LogP contribution < -0.4 is 5.32 Å². The largest absolute Gasteiger partial charge is 0.365 e. The molecule has 122 valence electrons. The van der Waals surface area contributed by atoms with Gasteiger partial charge >= 0.3 is 0 Å². The lowest BCUT2D eigenvalue weighted by Crippen LogP contribution is -2.28. The highest BCUT2D eigenvalue weighted by Crippen LogP contribution is 2.26. The molecule has 2 aromatic rings. The van der Waals surface area contributed by atoms with Gasteiger partial charge in [0.1, 0.15) is 11.9 Å². The van der Waals surface area contributed by atoms with E-state index in [0.717, 1.165) is 18.4 Å². The first kappa shape index (κ1) is 15.6. The summed E-state index contributed by atoms with van der Waals surface area (Å²) in [6.07, 6.45) is 1.72. The van der Waals surface area contributed by atoms with E-state index in [1.165, 1.54) is 12.1 Å². The van der Waals surface area contributed by atoms with Crippen LogP contribution in [0.3, 0.4) is 0 Å². The minimum absolute atomic E-state index is 0.219.